The fraction of sp³-hybridized carbons (Fsp3) is 0.938. The highest BCUT2D eigenvalue weighted by molar-refractivity contribution is 5.77. The molecular weight excluding hydrogens is 256 g/mol. The van der Waals surface area contributed by atoms with E-state index in [1.807, 2.05) is 13.8 Å². The van der Waals surface area contributed by atoms with Gasteiger partial charge >= 0.3 is 5.97 Å². The first-order chi connectivity index (χ1) is 9.39. The summed E-state index contributed by atoms with van der Waals surface area (Å²) in [7, 11) is 0. The largest absolute Gasteiger partial charge is 0.481 e. The molecule has 2 aliphatic carbocycles. The summed E-state index contributed by atoms with van der Waals surface area (Å²) in [5, 5.41) is 10.0. The molecule has 1 N–H and O–H groups in total. The zero-order valence-electron chi connectivity index (χ0n) is 12.4. The van der Waals surface area contributed by atoms with Crippen LogP contribution < -0.4 is 0 Å². The summed E-state index contributed by atoms with van der Waals surface area (Å²) in [6.07, 6.45) is 8.41. The van der Waals surface area contributed by atoms with Crippen LogP contribution in [0.4, 0.5) is 0 Å². The zero-order chi connectivity index (χ0) is 14.2. The van der Waals surface area contributed by atoms with Gasteiger partial charge < -0.3 is 14.6 Å². The van der Waals surface area contributed by atoms with Gasteiger partial charge in [0.1, 0.15) is 0 Å². The number of carboxylic acid groups (broad SMARTS) is 1. The van der Waals surface area contributed by atoms with E-state index in [-0.39, 0.29) is 0 Å². The smallest absolute Gasteiger partial charge is 0.310 e. The Morgan fingerprint density at radius 3 is 2.40 bits per heavy atom. The summed E-state index contributed by atoms with van der Waals surface area (Å²) in [5.41, 5.74) is -1.13. The predicted molar refractivity (Wildman–Crippen MR) is 71.9 cm³/mol. The maximum atomic E-state index is 12.2. The molecule has 1 atom stereocenters. The minimum Gasteiger partial charge on any atom is -0.481 e. The molecule has 0 bridgehead atoms. The van der Waals surface area contributed by atoms with Gasteiger partial charge in [0, 0.05) is 11.8 Å². The third-order valence-corrected chi connectivity index (χ3v) is 6.71. The quantitative estimate of drug-likeness (QED) is 0.806. The second-order valence-corrected chi connectivity index (χ2v) is 7.79. The van der Waals surface area contributed by atoms with E-state index < -0.39 is 28.4 Å². The van der Waals surface area contributed by atoms with Crippen molar-refractivity contribution in [1.82, 2.24) is 0 Å². The second-order valence-electron chi connectivity index (χ2n) is 7.79. The number of ether oxygens (including phenoxy) is 2. The van der Waals surface area contributed by atoms with E-state index in [4.69, 9.17) is 9.47 Å². The molecule has 0 aromatic heterocycles. The molecule has 2 saturated heterocycles. The lowest BCUT2D eigenvalue weighted by Crippen LogP contribution is -2.52. The Morgan fingerprint density at radius 2 is 1.80 bits per heavy atom. The van der Waals surface area contributed by atoms with E-state index in [1.54, 1.807) is 0 Å². The molecule has 0 aromatic rings. The summed E-state index contributed by atoms with van der Waals surface area (Å²) in [4.78, 5) is 12.2. The Bertz CT molecular complexity index is 457. The van der Waals surface area contributed by atoms with Crippen LogP contribution in [0.15, 0.2) is 0 Å². The molecule has 0 amide bonds. The van der Waals surface area contributed by atoms with Crippen LogP contribution in [0.5, 0.6) is 0 Å². The number of epoxide rings is 2. The van der Waals surface area contributed by atoms with Crippen LogP contribution in [0, 0.1) is 16.7 Å². The topological polar surface area (TPSA) is 62.4 Å². The predicted octanol–water partition coefficient (Wildman–Crippen LogP) is 3.30. The maximum absolute atomic E-state index is 12.2. The lowest BCUT2D eigenvalue weighted by Gasteiger charge is -2.46. The molecule has 20 heavy (non-hydrogen) atoms. The van der Waals surface area contributed by atoms with Gasteiger partial charge in [-0.3, -0.25) is 4.79 Å². The maximum Gasteiger partial charge on any atom is 0.310 e. The van der Waals surface area contributed by atoms with Gasteiger partial charge in [0.05, 0.1) is 5.41 Å². The third kappa shape index (κ3) is 1.28. The number of hydrogen-bond donors (Lipinski definition) is 1. The molecule has 4 heteroatoms. The van der Waals surface area contributed by atoms with Crippen molar-refractivity contribution in [2.24, 2.45) is 16.7 Å². The molecule has 4 rings (SSSR count). The van der Waals surface area contributed by atoms with Crippen molar-refractivity contribution in [2.75, 3.05) is 0 Å². The van der Waals surface area contributed by atoms with Crippen molar-refractivity contribution in [3.63, 3.8) is 0 Å². The number of carbonyl (C=O) groups is 1. The van der Waals surface area contributed by atoms with Gasteiger partial charge in [-0.05, 0) is 18.8 Å². The van der Waals surface area contributed by atoms with Crippen molar-refractivity contribution in [1.29, 1.82) is 0 Å². The third-order valence-electron chi connectivity index (χ3n) is 6.71. The number of carboxylic acids is 1. The Kier molecular flexibility index (Phi) is 2.34. The van der Waals surface area contributed by atoms with Gasteiger partial charge in [0.25, 0.3) is 0 Å². The molecule has 0 aromatic carbocycles. The fourth-order valence-electron chi connectivity index (χ4n) is 5.13. The molecule has 4 fully saturated rings. The number of hydrogen-bond acceptors (Lipinski definition) is 3. The first-order valence-electron chi connectivity index (χ1n) is 8.03. The molecule has 1 unspecified atom stereocenters. The number of rotatable bonds is 3. The van der Waals surface area contributed by atoms with Crippen molar-refractivity contribution in [2.45, 2.75) is 76.8 Å². The first kappa shape index (κ1) is 13.1. The summed E-state index contributed by atoms with van der Waals surface area (Å²) in [5.74, 6) is -1.07. The van der Waals surface area contributed by atoms with Crippen molar-refractivity contribution < 1.29 is 19.4 Å². The van der Waals surface area contributed by atoms with Crippen molar-refractivity contribution in [3.05, 3.63) is 0 Å². The van der Waals surface area contributed by atoms with E-state index in [9.17, 15) is 9.90 Å². The zero-order valence-corrected chi connectivity index (χ0v) is 12.4. The van der Waals surface area contributed by atoms with Gasteiger partial charge in [0.15, 0.2) is 0 Å². The van der Waals surface area contributed by atoms with Crippen molar-refractivity contribution in [3.8, 4) is 0 Å². The van der Waals surface area contributed by atoms with Gasteiger partial charge in [-0.1, -0.05) is 46.0 Å². The van der Waals surface area contributed by atoms with Crippen molar-refractivity contribution >= 4 is 5.97 Å². The highest BCUT2D eigenvalue weighted by Crippen LogP contribution is 2.84. The normalized spacial score (nSPS) is 49.1. The van der Waals surface area contributed by atoms with Gasteiger partial charge in [0.2, 0.25) is 11.6 Å². The summed E-state index contributed by atoms with van der Waals surface area (Å²) in [6.45, 7) is 4.08. The first-order valence-corrected chi connectivity index (χ1v) is 8.03. The molecule has 4 aliphatic rings. The van der Waals surface area contributed by atoms with Gasteiger partial charge in [-0.2, -0.15) is 0 Å². The molecular formula is C16H24O4. The average molecular weight is 280 g/mol. The van der Waals surface area contributed by atoms with Crippen LogP contribution in [0.1, 0.15) is 65.2 Å². The lowest BCUT2D eigenvalue weighted by atomic mass is 9.54. The monoisotopic (exact) mass is 280 g/mol. The second kappa shape index (κ2) is 3.58. The average Bonchev–Trinajstić information content (AvgIpc) is 3.21. The van der Waals surface area contributed by atoms with Crippen LogP contribution >= 0.6 is 0 Å². The summed E-state index contributed by atoms with van der Waals surface area (Å²) < 4.78 is 11.5. The molecule has 0 radical (unpaired) electrons. The van der Waals surface area contributed by atoms with Crippen LogP contribution in [0.25, 0.3) is 0 Å². The molecule has 0 spiro atoms. The standard InChI is InChI=1S/C16H24O4/c1-13(2)14(12(17)18,10-11-6-4-3-5-7-11)8-9-15-16(13,19-15)20-15/h11H,3-10H2,1-2H3,(H,17,18). The molecule has 2 heterocycles. The highest BCUT2D eigenvalue weighted by atomic mass is 17.0. The van der Waals surface area contributed by atoms with Crippen LogP contribution in [-0.2, 0) is 14.3 Å². The molecule has 2 aliphatic heterocycles. The summed E-state index contributed by atoms with van der Waals surface area (Å²) in [6, 6.07) is 0. The molecule has 112 valence electrons. The lowest BCUT2D eigenvalue weighted by molar-refractivity contribution is -0.180. The Morgan fingerprint density at radius 1 is 1.15 bits per heavy atom. The molecule has 4 nitrogen and oxygen atoms in total. The van der Waals surface area contributed by atoms with E-state index in [2.05, 4.69) is 0 Å². The van der Waals surface area contributed by atoms with Gasteiger partial charge in [-0.25, -0.2) is 0 Å². The van der Waals surface area contributed by atoms with Crippen LogP contribution in [0.3, 0.4) is 0 Å². The number of aliphatic carboxylic acids is 1. The van der Waals surface area contributed by atoms with E-state index >= 15 is 0 Å². The van der Waals surface area contributed by atoms with E-state index in [0.29, 0.717) is 12.3 Å². The minimum absolute atomic E-state index is 0.401. The Labute approximate surface area is 119 Å². The van der Waals surface area contributed by atoms with Crippen LogP contribution in [-0.4, -0.2) is 22.7 Å². The van der Waals surface area contributed by atoms with E-state index in [0.717, 1.165) is 12.8 Å². The Hall–Kier alpha value is -0.610. The summed E-state index contributed by atoms with van der Waals surface area (Å²) >= 11 is 0. The highest BCUT2D eigenvalue weighted by Gasteiger charge is 2.99. The SMILES string of the molecule is CC1(C)C(CC2CCCCC2)(C(=O)O)CCC23OC21O3. The fourth-order valence-corrected chi connectivity index (χ4v) is 5.13. The van der Waals surface area contributed by atoms with Gasteiger partial charge in [-0.15, -0.1) is 0 Å². The van der Waals surface area contributed by atoms with E-state index in [1.165, 1.54) is 32.1 Å². The minimum atomic E-state index is -0.689. The Balaban J connectivity index is 1.64. The molecule has 2 saturated carbocycles. The van der Waals surface area contributed by atoms with Crippen LogP contribution in [0.2, 0.25) is 0 Å².